The summed E-state index contributed by atoms with van der Waals surface area (Å²) in [5, 5.41) is 3.24. The van der Waals surface area contributed by atoms with Crippen LogP contribution in [-0.2, 0) is 24.2 Å². The molecule has 1 aromatic carbocycles. The fraction of sp³-hybridized carbons (Fsp3) is 0.500. The fourth-order valence-electron chi connectivity index (χ4n) is 3.74. The van der Waals surface area contributed by atoms with Crippen LogP contribution in [0.2, 0.25) is 0 Å². The number of aryl methyl sites for hydroxylation is 1. The van der Waals surface area contributed by atoms with Crippen molar-refractivity contribution in [3.8, 4) is 5.75 Å². The highest BCUT2D eigenvalue weighted by molar-refractivity contribution is 7.09. The Hall–Kier alpha value is -1.92. The van der Waals surface area contributed by atoms with Crippen molar-refractivity contribution in [3.05, 3.63) is 45.4 Å². The van der Waals surface area contributed by atoms with E-state index in [1.54, 1.807) is 11.3 Å². The minimum atomic E-state index is 0.223. The van der Waals surface area contributed by atoms with Crippen molar-refractivity contribution in [2.75, 3.05) is 26.2 Å². The molecule has 5 nitrogen and oxygen atoms in total. The van der Waals surface area contributed by atoms with Gasteiger partial charge in [0.1, 0.15) is 11.9 Å². The summed E-state index contributed by atoms with van der Waals surface area (Å²) in [6.45, 7) is 8.43. The average molecular weight is 372 g/mol. The van der Waals surface area contributed by atoms with Crippen molar-refractivity contribution in [2.45, 2.75) is 39.3 Å². The molecule has 0 saturated carbocycles. The predicted octanol–water partition coefficient (Wildman–Crippen LogP) is 2.66. The largest absolute Gasteiger partial charge is 0.490 e. The molecule has 1 unspecified atom stereocenters. The molecule has 2 aliphatic rings. The SMILES string of the molecule is Cc1nc(CN2CCN(C(=O)Cc3ccc4c(c3)CC(C)O4)CC2)cs1. The smallest absolute Gasteiger partial charge is 0.227 e. The number of carbonyl (C=O) groups is 1. The zero-order valence-corrected chi connectivity index (χ0v) is 16.2. The lowest BCUT2D eigenvalue weighted by Crippen LogP contribution is -2.48. The first-order chi connectivity index (χ1) is 12.6. The van der Waals surface area contributed by atoms with Gasteiger partial charge in [-0.1, -0.05) is 12.1 Å². The number of piperazine rings is 1. The van der Waals surface area contributed by atoms with Gasteiger partial charge in [-0.15, -0.1) is 11.3 Å². The molecule has 3 heterocycles. The van der Waals surface area contributed by atoms with Crippen molar-refractivity contribution in [1.29, 1.82) is 0 Å². The van der Waals surface area contributed by atoms with E-state index in [1.165, 1.54) is 5.56 Å². The number of nitrogens with zero attached hydrogens (tertiary/aromatic N) is 3. The third-order valence-electron chi connectivity index (χ3n) is 5.09. The molecule has 0 bridgehead atoms. The molecule has 138 valence electrons. The second-order valence-corrected chi connectivity index (χ2v) is 8.33. The van der Waals surface area contributed by atoms with E-state index in [2.05, 4.69) is 28.3 Å². The zero-order chi connectivity index (χ0) is 18.1. The van der Waals surface area contributed by atoms with Crippen LogP contribution in [0.1, 0.15) is 28.8 Å². The Morgan fingerprint density at radius 3 is 2.85 bits per heavy atom. The van der Waals surface area contributed by atoms with E-state index in [1.807, 2.05) is 24.0 Å². The summed E-state index contributed by atoms with van der Waals surface area (Å²) in [5.41, 5.74) is 3.46. The summed E-state index contributed by atoms with van der Waals surface area (Å²) in [7, 11) is 0. The molecule has 1 saturated heterocycles. The molecule has 1 fully saturated rings. The molecular formula is C20H25N3O2S. The van der Waals surface area contributed by atoms with Gasteiger partial charge < -0.3 is 9.64 Å². The van der Waals surface area contributed by atoms with E-state index >= 15 is 0 Å². The molecule has 1 amide bonds. The highest BCUT2D eigenvalue weighted by atomic mass is 32.1. The number of benzene rings is 1. The Kier molecular flexibility index (Phi) is 4.96. The maximum atomic E-state index is 12.7. The lowest BCUT2D eigenvalue weighted by Gasteiger charge is -2.34. The Balaban J connectivity index is 1.29. The minimum absolute atomic E-state index is 0.223. The Labute approximate surface area is 158 Å². The number of hydrogen-bond donors (Lipinski definition) is 0. The van der Waals surface area contributed by atoms with Gasteiger partial charge in [0.15, 0.2) is 0 Å². The minimum Gasteiger partial charge on any atom is -0.490 e. The van der Waals surface area contributed by atoms with Crippen LogP contribution in [0.3, 0.4) is 0 Å². The first-order valence-electron chi connectivity index (χ1n) is 9.26. The summed E-state index contributed by atoms with van der Waals surface area (Å²) >= 11 is 1.70. The van der Waals surface area contributed by atoms with E-state index in [0.717, 1.165) is 61.2 Å². The maximum absolute atomic E-state index is 12.7. The van der Waals surface area contributed by atoms with Crippen LogP contribution in [0.25, 0.3) is 0 Å². The third kappa shape index (κ3) is 3.91. The summed E-state index contributed by atoms with van der Waals surface area (Å²) in [6.07, 6.45) is 1.66. The first-order valence-corrected chi connectivity index (χ1v) is 10.1. The lowest BCUT2D eigenvalue weighted by molar-refractivity contribution is -0.132. The zero-order valence-electron chi connectivity index (χ0n) is 15.4. The van der Waals surface area contributed by atoms with Gasteiger partial charge in [0.25, 0.3) is 0 Å². The molecule has 2 aliphatic heterocycles. The first kappa shape index (κ1) is 17.5. The Bertz CT molecular complexity index is 796. The van der Waals surface area contributed by atoms with E-state index < -0.39 is 0 Å². The molecule has 26 heavy (non-hydrogen) atoms. The molecular weight excluding hydrogens is 346 g/mol. The van der Waals surface area contributed by atoms with Crippen LogP contribution >= 0.6 is 11.3 Å². The molecule has 1 atom stereocenters. The van der Waals surface area contributed by atoms with Crippen molar-refractivity contribution in [1.82, 2.24) is 14.8 Å². The number of aromatic nitrogens is 1. The molecule has 4 rings (SSSR count). The number of fused-ring (bicyclic) bond motifs is 1. The monoisotopic (exact) mass is 371 g/mol. The predicted molar refractivity (Wildman–Crippen MR) is 103 cm³/mol. The van der Waals surface area contributed by atoms with Gasteiger partial charge in [0, 0.05) is 44.5 Å². The fourth-order valence-corrected chi connectivity index (χ4v) is 4.34. The third-order valence-corrected chi connectivity index (χ3v) is 5.92. The summed E-state index contributed by atoms with van der Waals surface area (Å²) in [4.78, 5) is 21.6. The van der Waals surface area contributed by atoms with Crippen molar-refractivity contribution in [3.63, 3.8) is 0 Å². The summed E-state index contributed by atoms with van der Waals surface area (Å²) in [5.74, 6) is 1.20. The summed E-state index contributed by atoms with van der Waals surface area (Å²) in [6, 6.07) is 6.17. The molecule has 0 N–H and O–H groups in total. The van der Waals surface area contributed by atoms with Crippen molar-refractivity contribution >= 4 is 17.2 Å². The van der Waals surface area contributed by atoms with Crippen LogP contribution in [0, 0.1) is 6.92 Å². The van der Waals surface area contributed by atoms with E-state index in [0.29, 0.717) is 6.42 Å². The number of carbonyl (C=O) groups excluding carboxylic acids is 1. The van der Waals surface area contributed by atoms with Gasteiger partial charge in [-0.2, -0.15) is 0 Å². The number of ether oxygens (including phenoxy) is 1. The number of rotatable bonds is 4. The van der Waals surface area contributed by atoms with Crippen LogP contribution in [0.5, 0.6) is 5.75 Å². The maximum Gasteiger partial charge on any atom is 0.227 e. The molecule has 2 aromatic rings. The van der Waals surface area contributed by atoms with Gasteiger partial charge in [-0.05, 0) is 31.0 Å². The van der Waals surface area contributed by atoms with Crippen LogP contribution in [0.4, 0.5) is 0 Å². The summed E-state index contributed by atoms with van der Waals surface area (Å²) < 4.78 is 5.74. The topological polar surface area (TPSA) is 45.7 Å². The average Bonchev–Trinajstić information content (AvgIpc) is 3.19. The Morgan fingerprint density at radius 2 is 2.12 bits per heavy atom. The van der Waals surface area contributed by atoms with Crippen molar-refractivity contribution < 1.29 is 9.53 Å². The standard InChI is InChI=1S/C20H25N3O2S/c1-14-9-17-10-16(3-4-19(17)25-14)11-20(24)23-7-5-22(6-8-23)12-18-13-26-15(2)21-18/h3-4,10,13-14H,5-9,11-12H2,1-2H3. The highest BCUT2D eigenvalue weighted by Gasteiger charge is 2.23. The van der Waals surface area contributed by atoms with Crippen LogP contribution < -0.4 is 4.74 Å². The van der Waals surface area contributed by atoms with Gasteiger partial charge in [-0.3, -0.25) is 9.69 Å². The van der Waals surface area contributed by atoms with Gasteiger partial charge in [0.05, 0.1) is 17.1 Å². The lowest BCUT2D eigenvalue weighted by atomic mass is 10.0. The molecule has 0 aliphatic carbocycles. The van der Waals surface area contributed by atoms with E-state index in [9.17, 15) is 4.79 Å². The van der Waals surface area contributed by atoms with Gasteiger partial charge >= 0.3 is 0 Å². The van der Waals surface area contributed by atoms with Gasteiger partial charge in [-0.25, -0.2) is 4.98 Å². The molecule has 6 heteroatoms. The van der Waals surface area contributed by atoms with E-state index in [-0.39, 0.29) is 12.0 Å². The van der Waals surface area contributed by atoms with Crippen LogP contribution in [0.15, 0.2) is 23.6 Å². The van der Waals surface area contributed by atoms with Gasteiger partial charge in [0.2, 0.25) is 5.91 Å². The quantitative estimate of drug-likeness (QED) is 0.829. The molecule has 1 aromatic heterocycles. The Morgan fingerprint density at radius 1 is 1.31 bits per heavy atom. The van der Waals surface area contributed by atoms with E-state index in [4.69, 9.17) is 4.74 Å². The second-order valence-electron chi connectivity index (χ2n) is 7.27. The molecule has 0 radical (unpaired) electrons. The number of thiazole rings is 1. The number of hydrogen-bond acceptors (Lipinski definition) is 5. The van der Waals surface area contributed by atoms with Crippen molar-refractivity contribution in [2.24, 2.45) is 0 Å². The highest BCUT2D eigenvalue weighted by Crippen LogP contribution is 2.29. The second kappa shape index (κ2) is 7.37. The normalized spacial score (nSPS) is 20.1. The number of amides is 1. The van der Waals surface area contributed by atoms with Crippen LogP contribution in [-0.4, -0.2) is 53.0 Å². The molecule has 0 spiro atoms.